The summed E-state index contributed by atoms with van der Waals surface area (Å²) in [6.07, 6.45) is 2.97. The Morgan fingerprint density at radius 2 is 1.77 bits per heavy atom. The summed E-state index contributed by atoms with van der Waals surface area (Å²) in [6.45, 7) is 10.0. The predicted molar refractivity (Wildman–Crippen MR) is 107 cm³/mol. The number of nitrogens with two attached hydrogens (primary N) is 1. The first-order valence-corrected chi connectivity index (χ1v) is 9.38. The van der Waals surface area contributed by atoms with E-state index in [1.165, 1.54) is 5.69 Å². The van der Waals surface area contributed by atoms with E-state index in [1.54, 1.807) is 0 Å². The molecule has 3 rings (SSSR count). The average Bonchev–Trinajstić information content (AvgIpc) is 3.02. The lowest BCUT2D eigenvalue weighted by molar-refractivity contribution is 0.292. The number of imidazole rings is 1. The number of nitrogen functional groups attached to an aromatic ring is 1. The third-order valence-corrected chi connectivity index (χ3v) is 4.61. The van der Waals surface area contributed by atoms with Crippen LogP contribution < -0.4 is 10.5 Å². The van der Waals surface area contributed by atoms with Gasteiger partial charge in [0.05, 0.1) is 18.0 Å². The minimum Gasteiger partial charge on any atom is -0.494 e. The number of fused-ring (bicyclic) bond motifs is 1. The summed E-state index contributed by atoms with van der Waals surface area (Å²) >= 11 is 0. The molecule has 0 aliphatic heterocycles. The first kappa shape index (κ1) is 18.3. The van der Waals surface area contributed by atoms with Gasteiger partial charge in [-0.05, 0) is 55.9 Å². The Labute approximate surface area is 155 Å². The smallest absolute Gasteiger partial charge is 0.137 e. The van der Waals surface area contributed by atoms with E-state index >= 15 is 0 Å². The maximum Gasteiger partial charge on any atom is 0.137 e. The van der Waals surface area contributed by atoms with E-state index in [0.717, 1.165) is 61.0 Å². The van der Waals surface area contributed by atoms with Gasteiger partial charge in [-0.15, -0.1) is 0 Å². The van der Waals surface area contributed by atoms with Gasteiger partial charge in [-0.25, -0.2) is 4.98 Å². The zero-order valence-corrected chi connectivity index (χ0v) is 15.9. The lowest BCUT2D eigenvalue weighted by atomic mass is 10.1. The molecule has 26 heavy (non-hydrogen) atoms. The van der Waals surface area contributed by atoms with Crippen molar-refractivity contribution in [1.29, 1.82) is 0 Å². The molecule has 0 saturated carbocycles. The van der Waals surface area contributed by atoms with Crippen molar-refractivity contribution < 1.29 is 4.74 Å². The summed E-state index contributed by atoms with van der Waals surface area (Å²) < 4.78 is 7.82. The largest absolute Gasteiger partial charge is 0.494 e. The van der Waals surface area contributed by atoms with Crippen LogP contribution in [0.25, 0.3) is 16.9 Å². The highest BCUT2D eigenvalue weighted by Crippen LogP contribution is 2.28. The zero-order chi connectivity index (χ0) is 18.5. The molecule has 2 heterocycles. The molecule has 5 heteroatoms. The highest BCUT2D eigenvalue weighted by atomic mass is 16.5. The summed E-state index contributed by atoms with van der Waals surface area (Å²) in [5.74, 6) is 0.897. The van der Waals surface area contributed by atoms with E-state index in [9.17, 15) is 0 Å². The van der Waals surface area contributed by atoms with Gasteiger partial charge in [0.15, 0.2) is 0 Å². The maximum absolute atomic E-state index is 6.02. The molecule has 5 nitrogen and oxygen atoms in total. The fourth-order valence-electron chi connectivity index (χ4n) is 3.08. The monoisotopic (exact) mass is 352 g/mol. The third-order valence-electron chi connectivity index (χ3n) is 4.61. The Hall–Kier alpha value is -2.53. The molecule has 0 fully saturated rings. The van der Waals surface area contributed by atoms with Crippen LogP contribution in [0.5, 0.6) is 5.75 Å². The highest BCUT2D eigenvalue weighted by Gasteiger charge is 2.16. The quantitative estimate of drug-likeness (QED) is 0.660. The van der Waals surface area contributed by atoms with E-state index < -0.39 is 0 Å². The van der Waals surface area contributed by atoms with Crippen LogP contribution in [-0.4, -0.2) is 34.0 Å². The molecule has 0 amide bonds. The van der Waals surface area contributed by atoms with Crippen LogP contribution in [0.4, 0.5) is 5.69 Å². The molecule has 1 aromatic carbocycles. The molecule has 0 bridgehead atoms. The van der Waals surface area contributed by atoms with Gasteiger partial charge in [0, 0.05) is 24.0 Å². The van der Waals surface area contributed by atoms with Crippen LogP contribution in [0.1, 0.15) is 32.9 Å². The molecule has 0 unspecified atom stereocenters. The molecular weight excluding hydrogens is 324 g/mol. The van der Waals surface area contributed by atoms with Crippen molar-refractivity contribution in [2.24, 2.45) is 0 Å². The molecule has 0 aliphatic carbocycles. The molecule has 0 atom stereocenters. The first-order chi connectivity index (χ1) is 12.7. The number of hydrogen-bond donors (Lipinski definition) is 1. The van der Waals surface area contributed by atoms with Crippen molar-refractivity contribution in [3.05, 3.63) is 48.3 Å². The van der Waals surface area contributed by atoms with Gasteiger partial charge in [-0.3, -0.25) is 4.90 Å². The number of ether oxygens (including phenoxy) is 1. The Bertz CT molecular complexity index is 850. The molecular formula is C21H28N4O. The highest BCUT2D eigenvalue weighted by molar-refractivity contribution is 5.68. The number of nitrogens with zero attached hydrogens (tertiary/aromatic N) is 3. The summed E-state index contributed by atoms with van der Waals surface area (Å²) in [7, 11) is 0. The topological polar surface area (TPSA) is 55.8 Å². The van der Waals surface area contributed by atoms with E-state index in [2.05, 4.69) is 42.2 Å². The van der Waals surface area contributed by atoms with Crippen molar-refractivity contribution in [3.8, 4) is 17.0 Å². The Balaban J connectivity index is 2.03. The number of hydrogen-bond acceptors (Lipinski definition) is 4. The normalized spacial score (nSPS) is 11.4. The summed E-state index contributed by atoms with van der Waals surface area (Å²) in [5, 5.41) is 0. The number of rotatable bonds is 8. The number of benzene rings is 1. The average molecular weight is 352 g/mol. The Morgan fingerprint density at radius 3 is 2.42 bits per heavy atom. The Morgan fingerprint density at radius 1 is 1.04 bits per heavy atom. The maximum atomic E-state index is 6.02. The lowest BCUT2D eigenvalue weighted by Crippen LogP contribution is -2.23. The number of anilines is 1. The zero-order valence-electron chi connectivity index (χ0n) is 15.9. The van der Waals surface area contributed by atoms with Crippen LogP contribution in [0.2, 0.25) is 0 Å². The molecule has 138 valence electrons. The third kappa shape index (κ3) is 3.83. The lowest BCUT2D eigenvalue weighted by Gasteiger charge is -2.18. The van der Waals surface area contributed by atoms with Gasteiger partial charge in [-0.2, -0.15) is 0 Å². The van der Waals surface area contributed by atoms with Gasteiger partial charge in [0.1, 0.15) is 11.4 Å². The van der Waals surface area contributed by atoms with Gasteiger partial charge in [0.2, 0.25) is 0 Å². The molecule has 2 N–H and O–H groups in total. The van der Waals surface area contributed by atoms with Gasteiger partial charge >= 0.3 is 0 Å². The second kappa shape index (κ2) is 8.23. The summed E-state index contributed by atoms with van der Waals surface area (Å²) in [5.41, 5.74) is 10.9. The number of aromatic nitrogens is 2. The van der Waals surface area contributed by atoms with Crippen LogP contribution in [0.3, 0.4) is 0 Å². The molecule has 3 aromatic rings. The fraction of sp³-hybridized carbons (Fsp3) is 0.381. The van der Waals surface area contributed by atoms with Gasteiger partial charge in [0.25, 0.3) is 0 Å². The van der Waals surface area contributed by atoms with Crippen molar-refractivity contribution >= 4 is 11.3 Å². The molecule has 2 aromatic heterocycles. The minimum atomic E-state index is 0.736. The summed E-state index contributed by atoms with van der Waals surface area (Å²) in [4.78, 5) is 7.26. The van der Waals surface area contributed by atoms with Gasteiger partial charge in [-0.1, -0.05) is 20.8 Å². The molecule has 0 saturated heterocycles. The molecule has 0 spiro atoms. The van der Waals surface area contributed by atoms with Crippen molar-refractivity contribution in [1.82, 2.24) is 14.3 Å². The SMILES string of the molecule is CCCOc1ccc(-c2nc3ccc(N)cn3c2CN(CC)CC)cc1. The van der Waals surface area contributed by atoms with E-state index in [-0.39, 0.29) is 0 Å². The van der Waals surface area contributed by atoms with Crippen LogP contribution in [0.15, 0.2) is 42.6 Å². The van der Waals surface area contributed by atoms with Crippen molar-refractivity contribution in [2.45, 2.75) is 33.7 Å². The fourth-order valence-corrected chi connectivity index (χ4v) is 3.08. The van der Waals surface area contributed by atoms with Crippen molar-refractivity contribution in [2.75, 3.05) is 25.4 Å². The van der Waals surface area contributed by atoms with E-state index in [0.29, 0.717) is 0 Å². The van der Waals surface area contributed by atoms with Crippen LogP contribution in [-0.2, 0) is 6.54 Å². The predicted octanol–water partition coefficient (Wildman–Crippen LogP) is 4.21. The second-order valence-corrected chi connectivity index (χ2v) is 6.43. The van der Waals surface area contributed by atoms with Gasteiger partial charge < -0.3 is 14.9 Å². The van der Waals surface area contributed by atoms with Crippen LogP contribution >= 0.6 is 0 Å². The summed E-state index contributed by atoms with van der Waals surface area (Å²) in [6, 6.07) is 12.1. The van der Waals surface area contributed by atoms with E-state index in [4.69, 9.17) is 15.5 Å². The molecule has 0 radical (unpaired) electrons. The van der Waals surface area contributed by atoms with Crippen molar-refractivity contribution in [3.63, 3.8) is 0 Å². The van der Waals surface area contributed by atoms with Crippen LogP contribution in [0, 0.1) is 0 Å². The minimum absolute atomic E-state index is 0.736. The number of pyridine rings is 1. The molecule has 0 aliphatic rings. The Kier molecular flexibility index (Phi) is 5.78. The standard InChI is InChI=1S/C21H28N4O/c1-4-13-26-18-10-7-16(8-11-18)21-19(15-24(5-2)6-3)25-14-17(22)9-12-20(25)23-21/h7-12,14H,4-6,13,15,22H2,1-3H3. The van der Waals surface area contributed by atoms with E-state index in [1.807, 2.05) is 30.5 Å². The first-order valence-electron chi connectivity index (χ1n) is 9.38. The second-order valence-electron chi connectivity index (χ2n) is 6.43.